The zero-order valence-corrected chi connectivity index (χ0v) is 18.7. The number of hydrazine groups is 1. The van der Waals surface area contributed by atoms with E-state index in [1.807, 2.05) is 0 Å². The van der Waals surface area contributed by atoms with Crippen LogP contribution in [0.4, 0.5) is 5.69 Å². The summed E-state index contributed by atoms with van der Waals surface area (Å²) in [6.07, 6.45) is -0.00449. The van der Waals surface area contributed by atoms with Gasteiger partial charge in [-0.1, -0.05) is 12.1 Å². The lowest BCUT2D eigenvalue weighted by molar-refractivity contribution is -0.126. The van der Waals surface area contributed by atoms with Crippen molar-refractivity contribution in [1.82, 2.24) is 15.2 Å². The average Bonchev–Trinajstić information content (AvgIpc) is 3.19. The van der Waals surface area contributed by atoms with Gasteiger partial charge in [-0.15, -0.1) is 0 Å². The molecule has 1 saturated heterocycles. The molecule has 11 heteroatoms. The highest BCUT2D eigenvalue weighted by Crippen LogP contribution is 2.27. The van der Waals surface area contributed by atoms with Crippen LogP contribution in [0.2, 0.25) is 0 Å². The van der Waals surface area contributed by atoms with Crippen LogP contribution in [0.5, 0.6) is 5.75 Å². The maximum absolute atomic E-state index is 12.5. The van der Waals surface area contributed by atoms with Gasteiger partial charge in [0.1, 0.15) is 5.75 Å². The predicted molar refractivity (Wildman–Crippen MR) is 116 cm³/mol. The van der Waals surface area contributed by atoms with Crippen LogP contribution in [0.1, 0.15) is 16.8 Å². The van der Waals surface area contributed by atoms with Crippen LogP contribution >= 0.6 is 0 Å². The number of sulfonamides is 1. The van der Waals surface area contributed by atoms with Crippen molar-refractivity contribution in [2.45, 2.75) is 11.3 Å². The van der Waals surface area contributed by atoms with E-state index in [0.717, 1.165) is 4.31 Å². The lowest BCUT2D eigenvalue weighted by Crippen LogP contribution is -2.45. The summed E-state index contributed by atoms with van der Waals surface area (Å²) in [6, 6.07) is 12.4. The first-order valence-corrected chi connectivity index (χ1v) is 11.1. The van der Waals surface area contributed by atoms with Gasteiger partial charge >= 0.3 is 0 Å². The van der Waals surface area contributed by atoms with Crippen LogP contribution in [0.25, 0.3) is 0 Å². The second-order valence-electron chi connectivity index (χ2n) is 7.37. The normalized spacial score (nSPS) is 16.2. The summed E-state index contributed by atoms with van der Waals surface area (Å²) in [6.45, 7) is 0.157. The lowest BCUT2D eigenvalue weighted by Gasteiger charge is -2.17. The second-order valence-corrected chi connectivity index (χ2v) is 9.52. The first-order chi connectivity index (χ1) is 15.1. The fourth-order valence-electron chi connectivity index (χ4n) is 3.21. The number of ether oxygens (including phenoxy) is 1. The molecule has 1 aliphatic heterocycles. The maximum atomic E-state index is 12.5. The molecule has 0 bridgehead atoms. The predicted octanol–water partition coefficient (Wildman–Crippen LogP) is 0.760. The van der Waals surface area contributed by atoms with Gasteiger partial charge in [0.2, 0.25) is 21.8 Å². The number of anilines is 1. The van der Waals surface area contributed by atoms with Crippen LogP contribution < -0.4 is 20.5 Å². The number of hydrogen-bond acceptors (Lipinski definition) is 6. The minimum Gasteiger partial charge on any atom is -0.497 e. The Morgan fingerprint density at radius 2 is 1.81 bits per heavy atom. The first-order valence-electron chi connectivity index (χ1n) is 9.70. The number of carbonyl (C=O) groups excluding carboxylic acids is 3. The number of carbonyl (C=O) groups is 3. The monoisotopic (exact) mass is 460 g/mol. The zero-order chi connectivity index (χ0) is 23.5. The Morgan fingerprint density at radius 1 is 1.09 bits per heavy atom. The molecule has 10 nitrogen and oxygen atoms in total. The van der Waals surface area contributed by atoms with Crippen molar-refractivity contribution in [2.75, 3.05) is 32.6 Å². The van der Waals surface area contributed by atoms with Gasteiger partial charge in [0.15, 0.2) is 0 Å². The van der Waals surface area contributed by atoms with Crippen molar-refractivity contribution in [3.05, 3.63) is 54.1 Å². The van der Waals surface area contributed by atoms with Gasteiger partial charge < -0.3 is 9.64 Å². The van der Waals surface area contributed by atoms with Gasteiger partial charge in [0.05, 0.1) is 17.9 Å². The molecule has 3 rings (SSSR count). The van der Waals surface area contributed by atoms with Crippen molar-refractivity contribution in [1.29, 1.82) is 0 Å². The van der Waals surface area contributed by atoms with Crippen molar-refractivity contribution < 1.29 is 27.5 Å². The topological polar surface area (TPSA) is 125 Å². The van der Waals surface area contributed by atoms with Gasteiger partial charge in [-0.3, -0.25) is 25.2 Å². The molecule has 32 heavy (non-hydrogen) atoms. The third kappa shape index (κ3) is 4.89. The number of nitrogens with one attached hydrogen (secondary N) is 2. The summed E-state index contributed by atoms with van der Waals surface area (Å²) >= 11 is 0. The maximum Gasteiger partial charge on any atom is 0.269 e. The van der Waals surface area contributed by atoms with Gasteiger partial charge in [0, 0.05) is 44.4 Å². The van der Waals surface area contributed by atoms with Gasteiger partial charge in [0.25, 0.3) is 5.91 Å². The molecule has 0 radical (unpaired) electrons. The molecule has 1 heterocycles. The zero-order valence-electron chi connectivity index (χ0n) is 17.9. The minimum absolute atomic E-state index is 0.00449. The SMILES string of the molecule is COc1cccc(N2CC(C(=O)NNC(=O)c3cccc(S(=O)(=O)N(C)C)c3)CC2=O)c1. The van der Waals surface area contributed by atoms with E-state index in [-0.39, 0.29) is 29.3 Å². The Labute approximate surface area is 186 Å². The van der Waals surface area contributed by atoms with Gasteiger partial charge in [-0.2, -0.15) is 0 Å². The Balaban J connectivity index is 1.62. The van der Waals surface area contributed by atoms with Crippen molar-refractivity contribution in [3.63, 3.8) is 0 Å². The molecule has 0 saturated carbocycles. The quantitative estimate of drug-likeness (QED) is 0.613. The highest BCUT2D eigenvalue weighted by atomic mass is 32.2. The molecule has 0 aliphatic carbocycles. The Bertz CT molecular complexity index is 1150. The molecule has 0 aromatic heterocycles. The van der Waals surface area contributed by atoms with E-state index in [2.05, 4.69) is 10.9 Å². The van der Waals surface area contributed by atoms with E-state index in [0.29, 0.717) is 11.4 Å². The summed E-state index contributed by atoms with van der Waals surface area (Å²) in [5.74, 6) is -1.48. The number of amides is 3. The van der Waals surface area contributed by atoms with E-state index >= 15 is 0 Å². The molecule has 1 fully saturated rings. The lowest BCUT2D eigenvalue weighted by atomic mass is 10.1. The summed E-state index contributed by atoms with van der Waals surface area (Å²) in [4.78, 5) is 38.8. The Kier molecular flexibility index (Phi) is 6.80. The molecular formula is C21H24N4O6S. The number of rotatable bonds is 6. The molecule has 2 aromatic carbocycles. The third-order valence-electron chi connectivity index (χ3n) is 5.03. The van der Waals surface area contributed by atoms with Crippen LogP contribution in [-0.4, -0.2) is 58.2 Å². The van der Waals surface area contributed by atoms with Crippen LogP contribution in [0.15, 0.2) is 53.4 Å². The molecular weight excluding hydrogens is 436 g/mol. The fraction of sp³-hybridized carbons (Fsp3) is 0.286. The number of nitrogens with zero attached hydrogens (tertiary/aromatic N) is 2. The summed E-state index contributed by atoms with van der Waals surface area (Å²) in [7, 11) is 0.594. The molecule has 1 aliphatic rings. The smallest absolute Gasteiger partial charge is 0.269 e. The third-order valence-corrected chi connectivity index (χ3v) is 6.85. The van der Waals surface area contributed by atoms with Crippen LogP contribution in [0.3, 0.4) is 0 Å². The number of methoxy groups -OCH3 is 1. The van der Waals surface area contributed by atoms with E-state index < -0.39 is 27.8 Å². The Hall–Kier alpha value is -3.44. The van der Waals surface area contributed by atoms with Crippen LogP contribution in [-0.2, 0) is 19.6 Å². The standard InChI is InChI=1S/C21H24N4O6S/c1-24(2)32(29,30)18-9-4-6-14(10-18)20(27)22-23-21(28)15-11-19(26)25(13-15)16-7-5-8-17(12-16)31-3/h4-10,12,15H,11,13H2,1-3H3,(H,22,27)(H,23,28). The van der Waals surface area contributed by atoms with E-state index in [1.165, 1.54) is 50.4 Å². The average molecular weight is 461 g/mol. The minimum atomic E-state index is -3.71. The van der Waals surface area contributed by atoms with Crippen LogP contribution in [0, 0.1) is 5.92 Å². The van der Waals surface area contributed by atoms with Crippen molar-refractivity contribution >= 4 is 33.4 Å². The summed E-state index contributed by atoms with van der Waals surface area (Å²) in [5.41, 5.74) is 5.27. The fourth-order valence-corrected chi connectivity index (χ4v) is 4.16. The van der Waals surface area contributed by atoms with E-state index in [1.54, 1.807) is 24.3 Å². The largest absolute Gasteiger partial charge is 0.497 e. The van der Waals surface area contributed by atoms with Gasteiger partial charge in [-0.25, -0.2) is 12.7 Å². The number of benzene rings is 2. The molecule has 1 unspecified atom stereocenters. The van der Waals surface area contributed by atoms with E-state index in [4.69, 9.17) is 4.74 Å². The molecule has 2 N–H and O–H groups in total. The van der Waals surface area contributed by atoms with Gasteiger partial charge in [-0.05, 0) is 30.3 Å². The molecule has 2 aromatic rings. The molecule has 170 valence electrons. The molecule has 1 atom stereocenters. The summed E-state index contributed by atoms with van der Waals surface area (Å²) < 4.78 is 30.7. The molecule has 3 amide bonds. The van der Waals surface area contributed by atoms with Crippen molar-refractivity contribution in [3.8, 4) is 5.75 Å². The number of hydrogen-bond donors (Lipinski definition) is 2. The highest BCUT2D eigenvalue weighted by Gasteiger charge is 2.35. The Morgan fingerprint density at radius 3 is 2.50 bits per heavy atom. The second kappa shape index (κ2) is 9.37. The summed E-state index contributed by atoms with van der Waals surface area (Å²) in [5, 5.41) is 0. The molecule has 0 spiro atoms. The highest BCUT2D eigenvalue weighted by molar-refractivity contribution is 7.89. The van der Waals surface area contributed by atoms with E-state index in [9.17, 15) is 22.8 Å². The first kappa shape index (κ1) is 23.2. The van der Waals surface area contributed by atoms with Crippen molar-refractivity contribution in [2.24, 2.45) is 5.92 Å².